The summed E-state index contributed by atoms with van der Waals surface area (Å²) in [7, 11) is 0. The number of morpholine rings is 1. The summed E-state index contributed by atoms with van der Waals surface area (Å²) in [6.07, 6.45) is 2.85. The summed E-state index contributed by atoms with van der Waals surface area (Å²) in [5, 5.41) is 2.99. The first-order chi connectivity index (χ1) is 8.63. The fraction of sp³-hybridized carbons (Fsp3) is 0.923. The van der Waals surface area contributed by atoms with Gasteiger partial charge in [0.2, 0.25) is 5.91 Å². The Morgan fingerprint density at radius 3 is 2.72 bits per heavy atom. The minimum absolute atomic E-state index is 0.0239. The van der Waals surface area contributed by atoms with Crippen molar-refractivity contribution in [1.82, 2.24) is 10.2 Å². The van der Waals surface area contributed by atoms with E-state index in [0.29, 0.717) is 0 Å². The molecule has 1 aliphatic heterocycles. The van der Waals surface area contributed by atoms with E-state index < -0.39 is 0 Å². The molecule has 1 saturated heterocycles. The van der Waals surface area contributed by atoms with Crippen molar-refractivity contribution >= 4 is 5.91 Å². The van der Waals surface area contributed by atoms with Crippen molar-refractivity contribution in [3.63, 3.8) is 0 Å². The van der Waals surface area contributed by atoms with E-state index in [1.54, 1.807) is 0 Å². The molecule has 1 rings (SSSR count). The van der Waals surface area contributed by atoms with Crippen molar-refractivity contribution in [2.24, 2.45) is 5.73 Å². The smallest absolute Gasteiger partial charge is 0.237 e. The molecule has 1 aliphatic rings. The lowest BCUT2D eigenvalue weighted by Gasteiger charge is -2.29. The Kier molecular flexibility index (Phi) is 7.23. The van der Waals surface area contributed by atoms with Crippen LogP contribution >= 0.6 is 0 Å². The Balaban J connectivity index is 2.21. The number of rotatable bonds is 7. The van der Waals surface area contributed by atoms with Crippen LogP contribution in [-0.4, -0.2) is 55.7 Å². The maximum Gasteiger partial charge on any atom is 0.237 e. The Bertz CT molecular complexity index is 242. The highest BCUT2D eigenvalue weighted by molar-refractivity contribution is 5.81. The lowest BCUT2D eigenvalue weighted by Crippen LogP contribution is -2.50. The van der Waals surface area contributed by atoms with Gasteiger partial charge in [-0.05, 0) is 13.3 Å². The van der Waals surface area contributed by atoms with Gasteiger partial charge in [0.1, 0.15) is 0 Å². The third kappa shape index (κ3) is 5.80. The van der Waals surface area contributed by atoms with Crippen molar-refractivity contribution in [3.05, 3.63) is 0 Å². The molecule has 0 aromatic heterocycles. The maximum absolute atomic E-state index is 11.8. The molecule has 5 heteroatoms. The molecule has 1 fully saturated rings. The quantitative estimate of drug-likeness (QED) is 0.690. The molecule has 0 bridgehead atoms. The van der Waals surface area contributed by atoms with Gasteiger partial charge in [-0.3, -0.25) is 9.69 Å². The Labute approximate surface area is 110 Å². The predicted molar refractivity (Wildman–Crippen MR) is 72.4 cm³/mol. The van der Waals surface area contributed by atoms with Crippen molar-refractivity contribution < 1.29 is 9.53 Å². The zero-order valence-electron chi connectivity index (χ0n) is 11.7. The number of unbranched alkanes of at least 4 members (excludes halogenated alkanes) is 1. The standard InChI is InChI=1S/C13H27N3O2/c1-3-4-5-12(14)13(17)15-11(2)10-16-6-8-18-9-7-16/h11-12H,3-10,14H2,1-2H3,(H,15,17). The molecule has 106 valence electrons. The molecule has 0 saturated carbocycles. The second-order valence-corrected chi connectivity index (χ2v) is 5.07. The van der Waals surface area contributed by atoms with Gasteiger partial charge in [0.15, 0.2) is 0 Å². The minimum Gasteiger partial charge on any atom is -0.379 e. The fourth-order valence-corrected chi connectivity index (χ4v) is 2.12. The largest absolute Gasteiger partial charge is 0.379 e. The molecule has 3 N–H and O–H groups in total. The normalized spacial score (nSPS) is 20.4. The molecule has 18 heavy (non-hydrogen) atoms. The van der Waals surface area contributed by atoms with Crippen LogP contribution in [0.1, 0.15) is 33.1 Å². The Hall–Kier alpha value is -0.650. The molecule has 1 heterocycles. The van der Waals surface area contributed by atoms with E-state index >= 15 is 0 Å². The summed E-state index contributed by atoms with van der Waals surface area (Å²) >= 11 is 0. The molecule has 0 aromatic carbocycles. The van der Waals surface area contributed by atoms with E-state index in [1.807, 2.05) is 6.92 Å². The lowest BCUT2D eigenvalue weighted by atomic mass is 10.1. The van der Waals surface area contributed by atoms with Crippen LogP contribution in [-0.2, 0) is 9.53 Å². The first-order valence-corrected chi connectivity index (χ1v) is 6.99. The van der Waals surface area contributed by atoms with Crippen LogP contribution in [0.15, 0.2) is 0 Å². The molecule has 0 radical (unpaired) electrons. The third-order valence-corrected chi connectivity index (χ3v) is 3.23. The van der Waals surface area contributed by atoms with Gasteiger partial charge < -0.3 is 15.8 Å². The monoisotopic (exact) mass is 257 g/mol. The van der Waals surface area contributed by atoms with Crippen molar-refractivity contribution in [2.45, 2.75) is 45.2 Å². The van der Waals surface area contributed by atoms with Gasteiger partial charge >= 0.3 is 0 Å². The summed E-state index contributed by atoms with van der Waals surface area (Å²) in [4.78, 5) is 14.1. The topological polar surface area (TPSA) is 67.6 Å². The number of carbonyl (C=O) groups excluding carboxylic acids is 1. The summed E-state index contributed by atoms with van der Waals surface area (Å²) < 4.78 is 5.30. The minimum atomic E-state index is -0.364. The van der Waals surface area contributed by atoms with E-state index in [9.17, 15) is 4.79 Å². The van der Waals surface area contributed by atoms with Gasteiger partial charge in [0.05, 0.1) is 19.3 Å². The summed E-state index contributed by atoms with van der Waals surface area (Å²) in [5.41, 5.74) is 5.84. The van der Waals surface area contributed by atoms with E-state index in [2.05, 4.69) is 17.1 Å². The van der Waals surface area contributed by atoms with Crippen LogP contribution in [0.2, 0.25) is 0 Å². The average Bonchev–Trinajstić information content (AvgIpc) is 2.36. The Morgan fingerprint density at radius 2 is 2.11 bits per heavy atom. The molecule has 0 aliphatic carbocycles. The highest BCUT2D eigenvalue weighted by Crippen LogP contribution is 2.01. The van der Waals surface area contributed by atoms with Crippen molar-refractivity contribution in [2.75, 3.05) is 32.8 Å². The summed E-state index contributed by atoms with van der Waals surface area (Å²) in [6, 6.07) is -0.222. The molecular weight excluding hydrogens is 230 g/mol. The molecule has 0 spiro atoms. The molecule has 1 amide bonds. The fourth-order valence-electron chi connectivity index (χ4n) is 2.12. The third-order valence-electron chi connectivity index (χ3n) is 3.23. The summed E-state index contributed by atoms with van der Waals surface area (Å²) in [6.45, 7) is 8.47. The number of ether oxygens (including phenoxy) is 1. The van der Waals surface area contributed by atoms with E-state index in [4.69, 9.17) is 10.5 Å². The maximum atomic E-state index is 11.8. The van der Waals surface area contributed by atoms with Crippen molar-refractivity contribution in [1.29, 1.82) is 0 Å². The number of nitrogens with zero attached hydrogens (tertiary/aromatic N) is 1. The highest BCUT2D eigenvalue weighted by Gasteiger charge is 2.18. The lowest BCUT2D eigenvalue weighted by molar-refractivity contribution is -0.123. The predicted octanol–water partition coefficient (Wildman–Crippen LogP) is 0.341. The first kappa shape index (κ1) is 15.4. The van der Waals surface area contributed by atoms with Gasteiger partial charge in [0.25, 0.3) is 0 Å². The van der Waals surface area contributed by atoms with Gasteiger partial charge in [0, 0.05) is 25.7 Å². The van der Waals surface area contributed by atoms with Gasteiger partial charge in [-0.15, -0.1) is 0 Å². The molecule has 2 atom stereocenters. The molecule has 5 nitrogen and oxygen atoms in total. The zero-order chi connectivity index (χ0) is 13.4. The number of hydrogen-bond donors (Lipinski definition) is 2. The Morgan fingerprint density at radius 1 is 1.44 bits per heavy atom. The zero-order valence-corrected chi connectivity index (χ0v) is 11.7. The molecular formula is C13H27N3O2. The summed E-state index contributed by atoms with van der Waals surface area (Å²) in [5.74, 6) is -0.0239. The van der Waals surface area contributed by atoms with Gasteiger partial charge in [-0.1, -0.05) is 19.8 Å². The SMILES string of the molecule is CCCCC(N)C(=O)NC(C)CN1CCOCC1. The number of hydrogen-bond acceptors (Lipinski definition) is 4. The second kappa shape index (κ2) is 8.45. The van der Waals surface area contributed by atoms with Crippen LogP contribution in [0, 0.1) is 0 Å². The van der Waals surface area contributed by atoms with E-state index in [0.717, 1.165) is 52.1 Å². The molecule has 0 aromatic rings. The van der Waals surface area contributed by atoms with Crippen LogP contribution in [0.4, 0.5) is 0 Å². The molecule has 2 unspecified atom stereocenters. The van der Waals surface area contributed by atoms with Gasteiger partial charge in [-0.25, -0.2) is 0 Å². The highest BCUT2D eigenvalue weighted by atomic mass is 16.5. The number of amides is 1. The van der Waals surface area contributed by atoms with Crippen molar-refractivity contribution in [3.8, 4) is 0 Å². The van der Waals surface area contributed by atoms with E-state index in [-0.39, 0.29) is 18.0 Å². The first-order valence-electron chi connectivity index (χ1n) is 6.99. The van der Waals surface area contributed by atoms with Gasteiger partial charge in [-0.2, -0.15) is 0 Å². The number of nitrogens with two attached hydrogens (primary N) is 1. The van der Waals surface area contributed by atoms with E-state index in [1.165, 1.54) is 0 Å². The number of carbonyl (C=O) groups is 1. The van der Waals surface area contributed by atoms with Crippen LogP contribution in [0.25, 0.3) is 0 Å². The van der Waals surface area contributed by atoms with Crippen LogP contribution in [0.5, 0.6) is 0 Å². The van der Waals surface area contributed by atoms with Crippen LogP contribution in [0.3, 0.4) is 0 Å². The second-order valence-electron chi connectivity index (χ2n) is 5.07. The number of nitrogens with one attached hydrogen (secondary N) is 1. The van der Waals surface area contributed by atoms with Crippen LogP contribution < -0.4 is 11.1 Å². The average molecular weight is 257 g/mol.